The van der Waals surface area contributed by atoms with Gasteiger partial charge >= 0.3 is 0 Å². The highest BCUT2D eigenvalue weighted by atomic mass is 79.9. The Hall–Kier alpha value is -0.570. The molecule has 0 unspecified atom stereocenters. The number of hydrogen-bond donors (Lipinski definition) is 1. The largest absolute Gasteiger partial charge is 0.506 e. The van der Waals surface area contributed by atoms with Crippen LogP contribution in [0.4, 0.5) is 4.39 Å². The fraction of sp³-hybridized carbons (Fsp3) is 0.250. The number of rotatable bonds is 0. The summed E-state index contributed by atoms with van der Waals surface area (Å²) in [6.45, 7) is 3.39. The molecule has 0 aliphatic heterocycles. The second-order valence-electron chi connectivity index (χ2n) is 2.49. The standard InChI is InChI=1S/C8H8BrFO/c1-4-3-5(2)8(11)6(9)7(4)10/h3,11H,1-2H3. The Morgan fingerprint density at radius 1 is 1.36 bits per heavy atom. The van der Waals surface area contributed by atoms with Gasteiger partial charge in [-0.05, 0) is 47.0 Å². The molecule has 1 nitrogen and oxygen atoms in total. The summed E-state index contributed by atoms with van der Waals surface area (Å²) in [5.74, 6) is -0.416. The van der Waals surface area contributed by atoms with Crippen LogP contribution in [0.15, 0.2) is 10.5 Å². The van der Waals surface area contributed by atoms with Crippen molar-refractivity contribution in [1.29, 1.82) is 0 Å². The van der Waals surface area contributed by atoms with Gasteiger partial charge in [0, 0.05) is 0 Å². The van der Waals surface area contributed by atoms with Gasteiger partial charge in [-0.25, -0.2) is 4.39 Å². The van der Waals surface area contributed by atoms with Crippen LogP contribution < -0.4 is 0 Å². The van der Waals surface area contributed by atoms with Gasteiger partial charge in [0.15, 0.2) is 0 Å². The first-order valence-corrected chi connectivity index (χ1v) is 3.97. The molecule has 1 N–H and O–H groups in total. The molecule has 0 saturated heterocycles. The van der Waals surface area contributed by atoms with E-state index in [0.717, 1.165) is 0 Å². The minimum atomic E-state index is -0.395. The lowest BCUT2D eigenvalue weighted by Crippen LogP contribution is -1.87. The molecule has 0 aliphatic rings. The first-order chi connectivity index (χ1) is 5.04. The maximum atomic E-state index is 13.0. The monoisotopic (exact) mass is 218 g/mol. The predicted octanol–water partition coefficient (Wildman–Crippen LogP) is 2.91. The molecule has 0 spiro atoms. The number of aryl methyl sites for hydroxylation is 2. The fourth-order valence-electron chi connectivity index (χ4n) is 0.907. The summed E-state index contributed by atoms with van der Waals surface area (Å²) in [6, 6.07) is 1.61. The van der Waals surface area contributed by atoms with E-state index in [-0.39, 0.29) is 10.2 Å². The topological polar surface area (TPSA) is 20.2 Å². The Bertz CT molecular complexity index is 270. The summed E-state index contributed by atoms with van der Waals surface area (Å²) in [7, 11) is 0. The van der Waals surface area contributed by atoms with Crippen molar-refractivity contribution in [3.05, 3.63) is 27.5 Å². The zero-order chi connectivity index (χ0) is 8.59. The van der Waals surface area contributed by atoms with E-state index >= 15 is 0 Å². The molecule has 1 aromatic rings. The summed E-state index contributed by atoms with van der Waals surface area (Å²) >= 11 is 2.96. The van der Waals surface area contributed by atoms with Gasteiger partial charge in [-0.1, -0.05) is 0 Å². The molecule has 0 radical (unpaired) electrons. The van der Waals surface area contributed by atoms with Crippen LogP contribution >= 0.6 is 15.9 Å². The molecule has 1 aromatic carbocycles. The summed E-state index contributed by atoms with van der Waals surface area (Å²) in [5.41, 5.74) is 1.21. The van der Waals surface area contributed by atoms with E-state index in [1.807, 2.05) is 0 Å². The normalized spacial score (nSPS) is 10.2. The minimum Gasteiger partial charge on any atom is -0.506 e. The molecule has 0 bridgehead atoms. The van der Waals surface area contributed by atoms with Gasteiger partial charge in [-0.3, -0.25) is 0 Å². The molecule has 60 valence electrons. The molecule has 0 saturated carbocycles. The molecular weight excluding hydrogens is 211 g/mol. The van der Waals surface area contributed by atoms with Crippen LogP contribution in [0.2, 0.25) is 0 Å². The van der Waals surface area contributed by atoms with Crippen LogP contribution in [-0.2, 0) is 0 Å². The van der Waals surface area contributed by atoms with Crippen LogP contribution in [0.1, 0.15) is 11.1 Å². The van der Waals surface area contributed by atoms with Crippen LogP contribution in [0.25, 0.3) is 0 Å². The van der Waals surface area contributed by atoms with Crippen molar-refractivity contribution in [3.63, 3.8) is 0 Å². The number of halogens is 2. The summed E-state index contributed by atoms with van der Waals surface area (Å²) in [5, 5.41) is 9.22. The van der Waals surface area contributed by atoms with Crippen LogP contribution in [-0.4, -0.2) is 5.11 Å². The fourth-order valence-corrected chi connectivity index (χ4v) is 1.53. The van der Waals surface area contributed by atoms with E-state index in [1.165, 1.54) is 0 Å². The zero-order valence-electron chi connectivity index (χ0n) is 6.28. The number of phenolic OH excluding ortho intramolecular Hbond substituents is 1. The zero-order valence-corrected chi connectivity index (χ0v) is 7.87. The smallest absolute Gasteiger partial charge is 0.144 e. The van der Waals surface area contributed by atoms with Gasteiger partial charge in [0.1, 0.15) is 11.6 Å². The highest BCUT2D eigenvalue weighted by Crippen LogP contribution is 2.31. The molecule has 0 fully saturated rings. The molecule has 0 aliphatic carbocycles. The third-order valence-corrected chi connectivity index (χ3v) is 2.28. The maximum absolute atomic E-state index is 13.0. The van der Waals surface area contributed by atoms with Crippen molar-refractivity contribution in [3.8, 4) is 5.75 Å². The quantitative estimate of drug-likeness (QED) is 0.711. The van der Waals surface area contributed by atoms with E-state index < -0.39 is 5.82 Å². The highest BCUT2D eigenvalue weighted by molar-refractivity contribution is 9.10. The Balaban J connectivity index is 3.46. The number of aromatic hydroxyl groups is 1. The van der Waals surface area contributed by atoms with Crippen LogP contribution in [0.5, 0.6) is 5.75 Å². The van der Waals surface area contributed by atoms with E-state index in [4.69, 9.17) is 0 Å². The van der Waals surface area contributed by atoms with E-state index in [2.05, 4.69) is 15.9 Å². The Morgan fingerprint density at radius 3 is 2.45 bits per heavy atom. The van der Waals surface area contributed by atoms with Gasteiger partial charge in [-0.15, -0.1) is 0 Å². The molecule has 0 heterocycles. The van der Waals surface area contributed by atoms with Crippen molar-refractivity contribution in [2.75, 3.05) is 0 Å². The molecule has 0 amide bonds. The average Bonchev–Trinajstić information content (AvgIpc) is 1.97. The Kier molecular flexibility index (Phi) is 2.18. The van der Waals surface area contributed by atoms with Crippen LogP contribution in [0.3, 0.4) is 0 Å². The second kappa shape index (κ2) is 2.81. The molecular formula is C8H8BrFO. The lowest BCUT2D eigenvalue weighted by atomic mass is 10.1. The molecule has 0 aromatic heterocycles. The summed E-state index contributed by atoms with van der Waals surface area (Å²) in [4.78, 5) is 0. The third kappa shape index (κ3) is 1.38. The highest BCUT2D eigenvalue weighted by Gasteiger charge is 2.09. The van der Waals surface area contributed by atoms with Crippen LogP contribution in [0, 0.1) is 19.7 Å². The Labute approximate surface area is 73.0 Å². The van der Waals surface area contributed by atoms with Crippen molar-refractivity contribution in [1.82, 2.24) is 0 Å². The number of hydrogen-bond acceptors (Lipinski definition) is 1. The molecule has 0 atom stereocenters. The van der Waals surface area contributed by atoms with Crippen molar-refractivity contribution >= 4 is 15.9 Å². The second-order valence-corrected chi connectivity index (χ2v) is 3.28. The van der Waals surface area contributed by atoms with Gasteiger partial charge < -0.3 is 5.11 Å². The molecule has 11 heavy (non-hydrogen) atoms. The van der Waals surface area contributed by atoms with Gasteiger partial charge in [0.2, 0.25) is 0 Å². The Morgan fingerprint density at radius 2 is 1.91 bits per heavy atom. The lowest BCUT2D eigenvalue weighted by Gasteiger charge is -2.04. The van der Waals surface area contributed by atoms with Gasteiger partial charge in [0.05, 0.1) is 4.47 Å². The lowest BCUT2D eigenvalue weighted by molar-refractivity contribution is 0.459. The molecule has 1 rings (SSSR count). The van der Waals surface area contributed by atoms with Crippen molar-refractivity contribution in [2.45, 2.75) is 13.8 Å². The van der Waals surface area contributed by atoms with E-state index in [9.17, 15) is 9.50 Å². The van der Waals surface area contributed by atoms with Gasteiger partial charge in [-0.2, -0.15) is 0 Å². The van der Waals surface area contributed by atoms with Crippen molar-refractivity contribution in [2.24, 2.45) is 0 Å². The first-order valence-electron chi connectivity index (χ1n) is 3.18. The average molecular weight is 219 g/mol. The minimum absolute atomic E-state index is 0.0203. The van der Waals surface area contributed by atoms with Gasteiger partial charge in [0.25, 0.3) is 0 Å². The summed E-state index contributed by atoms with van der Waals surface area (Å²) in [6.07, 6.45) is 0. The number of phenols is 1. The number of benzene rings is 1. The van der Waals surface area contributed by atoms with E-state index in [0.29, 0.717) is 11.1 Å². The third-order valence-electron chi connectivity index (χ3n) is 1.55. The maximum Gasteiger partial charge on any atom is 0.144 e. The SMILES string of the molecule is Cc1cc(C)c(F)c(Br)c1O. The summed E-state index contributed by atoms with van der Waals surface area (Å²) < 4.78 is 13.1. The van der Waals surface area contributed by atoms with Crippen molar-refractivity contribution < 1.29 is 9.50 Å². The van der Waals surface area contributed by atoms with E-state index in [1.54, 1.807) is 19.9 Å². The first kappa shape index (κ1) is 8.53. The predicted molar refractivity (Wildman–Crippen MR) is 45.2 cm³/mol. The molecule has 3 heteroatoms.